The fraction of sp³-hybridized carbons (Fsp3) is 0.444. The van der Waals surface area contributed by atoms with Crippen molar-refractivity contribution in [2.75, 3.05) is 0 Å². The molecule has 1 saturated carbocycles. The third-order valence-corrected chi connectivity index (χ3v) is 4.62. The third kappa shape index (κ3) is 2.52. The highest BCUT2D eigenvalue weighted by atomic mass is 16.3. The Bertz CT molecular complexity index is 575. The zero-order valence-electron chi connectivity index (χ0n) is 11.6. The molecule has 1 nitrogen and oxygen atoms in total. The topological polar surface area (TPSA) is 20.2 Å². The summed E-state index contributed by atoms with van der Waals surface area (Å²) >= 11 is 0. The molecule has 2 aromatic rings. The molecule has 2 atom stereocenters. The van der Waals surface area contributed by atoms with Gasteiger partial charge < -0.3 is 5.11 Å². The van der Waals surface area contributed by atoms with E-state index in [0.717, 1.165) is 37.2 Å². The van der Waals surface area contributed by atoms with Crippen LogP contribution < -0.4 is 0 Å². The number of hydrogen-bond donors (Lipinski definition) is 1. The van der Waals surface area contributed by atoms with Crippen LogP contribution in [0.5, 0.6) is 0 Å². The van der Waals surface area contributed by atoms with Gasteiger partial charge in [0.15, 0.2) is 0 Å². The van der Waals surface area contributed by atoms with Crippen molar-refractivity contribution in [3.8, 4) is 0 Å². The van der Waals surface area contributed by atoms with Crippen LogP contribution in [0.25, 0.3) is 10.8 Å². The average Bonchev–Trinajstić information content (AvgIpc) is 2.61. The van der Waals surface area contributed by atoms with Crippen LogP contribution >= 0.6 is 0 Å². The molecule has 0 aromatic heterocycles. The van der Waals surface area contributed by atoms with Gasteiger partial charge >= 0.3 is 0 Å². The molecular formula is C18H22O. The van der Waals surface area contributed by atoms with E-state index >= 15 is 0 Å². The molecule has 1 aliphatic rings. The fourth-order valence-electron chi connectivity index (χ4n) is 3.26. The highest BCUT2D eigenvalue weighted by molar-refractivity contribution is 5.83. The zero-order chi connectivity index (χ0) is 13.3. The molecule has 0 saturated heterocycles. The first-order valence-electron chi connectivity index (χ1n) is 7.39. The largest absolute Gasteiger partial charge is 0.385 e. The summed E-state index contributed by atoms with van der Waals surface area (Å²) in [6, 6.07) is 14.8. The van der Waals surface area contributed by atoms with E-state index in [0.29, 0.717) is 0 Å². The predicted molar refractivity (Wildman–Crippen MR) is 80.1 cm³/mol. The summed E-state index contributed by atoms with van der Waals surface area (Å²) in [7, 11) is 0. The average molecular weight is 254 g/mol. The maximum atomic E-state index is 11.0. The summed E-state index contributed by atoms with van der Waals surface area (Å²) in [5, 5.41) is 13.5. The Labute approximate surface area is 115 Å². The summed E-state index contributed by atoms with van der Waals surface area (Å²) in [6.45, 7) is 2.30. The zero-order valence-corrected chi connectivity index (χ0v) is 11.6. The smallest absolute Gasteiger partial charge is 0.0896 e. The molecule has 0 aliphatic heterocycles. The second-order valence-electron chi connectivity index (χ2n) is 6.13. The molecule has 0 heterocycles. The number of fused-ring (bicyclic) bond motifs is 1. The first-order valence-corrected chi connectivity index (χ1v) is 7.39. The minimum absolute atomic E-state index is 0.616. The van der Waals surface area contributed by atoms with Gasteiger partial charge in [0.1, 0.15) is 0 Å². The van der Waals surface area contributed by atoms with Gasteiger partial charge in [-0.15, -0.1) is 0 Å². The van der Waals surface area contributed by atoms with Gasteiger partial charge in [-0.05, 0) is 54.0 Å². The molecule has 1 N–H and O–H groups in total. The van der Waals surface area contributed by atoms with Crippen molar-refractivity contribution < 1.29 is 5.11 Å². The Hall–Kier alpha value is -1.34. The van der Waals surface area contributed by atoms with Gasteiger partial charge in [0.25, 0.3) is 0 Å². The predicted octanol–water partition coefficient (Wildman–Crippen LogP) is 4.63. The Morgan fingerprint density at radius 1 is 1.00 bits per heavy atom. The van der Waals surface area contributed by atoms with Crippen LogP contribution in [0.3, 0.4) is 0 Å². The van der Waals surface area contributed by atoms with E-state index in [1.807, 2.05) is 0 Å². The van der Waals surface area contributed by atoms with E-state index in [9.17, 15) is 5.11 Å². The van der Waals surface area contributed by atoms with Crippen LogP contribution in [0, 0.1) is 5.92 Å². The van der Waals surface area contributed by atoms with Crippen molar-refractivity contribution in [1.82, 2.24) is 0 Å². The van der Waals surface area contributed by atoms with Crippen molar-refractivity contribution in [2.24, 2.45) is 5.92 Å². The van der Waals surface area contributed by atoms with Crippen LogP contribution in [-0.4, -0.2) is 5.11 Å². The van der Waals surface area contributed by atoms with E-state index in [4.69, 9.17) is 0 Å². The summed E-state index contributed by atoms with van der Waals surface area (Å²) in [4.78, 5) is 0. The Balaban J connectivity index is 1.97. The molecule has 0 amide bonds. The van der Waals surface area contributed by atoms with Crippen LogP contribution in [-0.2, 0) is 5.60 Å². The van der Waals surface area contributed by atoms with Crippen molar-refractivity contribution in [2.45, 2.75) is 44.6 Å². The number of hydrogen-bond acceptors (Lipinski definition) is 1. The van der Waals surface area contributed by atoms with Gasteiger partial charge in [-0.2, -0.15) is 0 Å². The molecule has 0 spiro atoms. The number of benzene rings is 2. The van der Waals surface area contributed by atoms with Gasteiger partial charge in [-0.3, -0.25) is 0 Å². The lowest BCUT2D eigenvalue weighted by atomic mass is 9.85. The third-order valence-electron chi connectivity index (χ3n) is 4.62. The summed E-state index contributed by atoms with van der Waals surface area (Å²) in [6.07, 6.45) is 5.30. The lowest BCUT2D eigenvalue weighted by Gasteiger charge is -2.27. The lowest BCUT2D eigenvalue weighted by Crippen LogP contribution is -2.24. The Morgan fingerprint density at radius 3 is 2.63 bits per heavy atom. The molecular weight excluding hydrogens is 232 g/mol. The first-order chi connectivity index (χ1) is 9.17. The molecule has 1 aliphatic carbocycles. The highest BCUT2D eigenvalue weighted by Crippen LogP contribution is 2.38. The van der Waals surface area contributed by atoms with Crippen LogP contribution in [0.2, 0.25) is 0 Å². The van der Waals surface area contributed by atoms with Crippen LogP contribution in [0.15, 0.2) is 42.5 Å². The minimum Gasteiger partial charge on any atom is -0.385 e. The normalized spacial score (nSPS) is 28.2. The van der Waals surface area contributed by atoms with Crippen LogP contribution in [0.4, 0.5) is 0 Å². The SMILES string of the molecule is CC1CCCC(O)(c2ccc3ccccc3c2)CC1. The van der Waals surface area contributed by atoms with E-state index in [-0.39, 0.29) is 0 Å². The van der Waals surface area contributed by atoms with Crippen LogP contribution in [0.1, 0.15) is 44.6 Å². The standard InChI is InChI=1S/C18H22O/c1-14-5-4-11-18(19,12-10-14)17-9-8-15-6-2-3-7-16(15)13-17/h2-3,6-9,13-14,19H,4-5,10-12H2,1H3. The molecule has 1 fully saturated rings. The first kappa shape index (κ1) is 12.7. The van der Waals surface area contributed by atoms with E-state index in [1.54, 1.807) is 0 Å². The van der Waals surface area contributed by atoms with Gasteiger partial charge in [0.2, 0.25) is 0 Å². The monoisotopic (exact) mass is 254 g/mol. The lowest BCUT2D eigenvalue weighted by molar-refractivity contribution is 0.0199. The van der Waals surface area contributed by atoms with Gasteiger partial charge in [-0.1, -0.05) is 49.7 Å². The summed E-state index contributed by atoms with van der Waals surface area (Å²) in [5.41, 5.74) is 0.481. The summed E-state index contributed by atoms with van der Waals surface area (Å²) in [5.74, 6) is 0.745. The molecule has 2 unspecified atom stereocenters. The van der Waals surface area contributed by atoms with E-state index in [2.05, 4.69) is 49.4 Å². The second-order valence-corrected chi connectivity index (χ2v) is 6.13. The van der Waals surface area contributed by atoms with E-state index < -0.39 is 5.60 Å². The molecule has 100 valence electrons. The van der Waals surface area contributed by atoms with Crippen molar-refractivity contribution in [3.63, 3.8) is 0 Å². The number of rotatable bonds is 1. The highest BCUT2D eigenvalue weighted by Gasteiger charge is 2.31. The van der Waals surface area contributed by atoms with E-state index in [1.165, 1.54) is 17.2 Å². The summed E-state index contributed by atoms with van der Waals surface area (Å²) < 4.78 is 0. The van der Waals surface area contributed by atoms with Crippen molar-refractivity contribution in [1.29, 1.82) is 0 Å². The fourth-order valence-corrected chi connectivity index (χ4v) is 3.26. The molecule has 2 aromatic carbocycles. The quantitative estimate of drug-likeness (QED) is 0.736. The van der Waals surface area contributed by atoms with Gasteiger partial charge in [-0.25, -0.2) is 0 Å². The molecule has 0 bridgehead atoms. The van der Waals surface area contributed by atoms with Gasteiger partial charge in [0.05, 0.1) is 5.60 Å². The maximum absolute atomic E-state index is 11.0. The molecule has 19 heavy (non-hydrogen) atoms. The maximum Gasteiger partial charge on any atom is 0.0896 e. The molecule has 3 rings (SSSR count). The Morgan fingerprint density at radius 2 is 1.79 bits per heavy atom. The molecule has 1 heteroatoms. The molecule has 0 radical (unpaired) electrons. The van der Waals surface area contributed by atoms with Crippen molar-refractivity contribution in [3.05, 3.63) is 48.0 Å². The second kappa shape index (κ2) is 4.97. The number of aliphatic hydroxyl groups is 1. The Kier molecular flexibility index (Phi) is 3.32. The van der Waals surface area contributed by atoms with Gasteiger partial charge in [0, 0.05) is 0 Å². The minimum atomic E-state index is -0.616. The van der Waals surface area contributed by atoms with Crippen molar-refractivity contribution >= 4 is 10.8 Å².